The molecule has 5 nitrogen and oxygen atoms in total. The van der Waals surface area contributed by atoms with E-state index in [0.29, 0.717) is 17.9 Å². The van der Waals surface area contributed by atoms with Crippen LogP contribution in [0.5, 0.6) is 0 Å². The zero-order valence-corrected chi connectivity index (χ0v) is 20.0. The van der Waals surface area contributed by atoms with Crippen molar-refractivity contribution < 1.29 is 14.6 Å². The fraction of sp³-hybridized carbons (Fsp3) is 0.500. The van der Waals surface area contributed by atoms with Crippen LogP contribution in [0.4, 0.5) is 5.69 Å². The number of hydrogen-bond acceptors (Lipinski definition) is 5. The van der Waals surface area contributed by atoms with E-state index in [2.05, 4.69) is 35.3 Å². The van der Waals surface area contributed by atoms with Crippen molar-refractivity contribution in [2.45, 2.75) is 63.6 Å². The number of fused-ring (bicyclic) bond motifs is 2. The summed E-state index contributed by atoms with van der Waals surface area (Å²) in [6, 6.07) is 12.5. The summed E-state index contributed by atoms with van der Waals surface area (Å²) in [4.78, 5) is 15.6. The van der Waals surface area contributed by atoms with Crippen molar-refractivity contribution in [3.05, 3.63) is 63.7 Å². The van der Waals surface area contributed by atoms with Gasteiger partial charge in [0.1, 0.15) is 5.54 Å². The first kappa shape index (κ1) is 23.1. The Morgan fingerprint density at radius 1 is 1.19 bits per heavy atom. The number of carbonyl (C=O) groups is 1. The third kappa shape index (κ3) is 3.91. The molecule has 1 fully saturated rings. The molecule has 0 aromatic heterocycles. The highest BCUT2D eigenvalue weighted by atomic mass is 35.5. The topological polar surface area (TPSA) is 61.8 Å². The number of nitrogens with zero attached hydrogens (tertiary/aromatic N) is 1. The smallest absolute Gasteiger partial charge is 0.331 e. The van der Waals surface area contributed by atoms with Crippen molar-refractivity contribution in [1.82, 2.24) is 4.90 Å². The molecule has 1 saturated carbocycles. The van der Waals surface area contributed by atoms with Crippen LogP contribution in [-0.4, -0.2) is 41.8 Å². The molecule has 1 spiro atoms. The summed E-state index contributed by atoms with van der Waals surface area (Å²) in [7, 11) is 1.46. The molecule has 1 aliphatic carbocycles. The summed E-state index contributed by atoms with van der Waals surface area (Å²) in [5.74, 6) is -0.226. The van der Waals surface area contributed by atoms with Gasteiger partial charge in [-0.25, -0.2) is 4.79 Å². The van der Waals surface area contributed by atoms with Crippen molar-refractivity contribution in [3.8, 4) is 0 Å². The number of ether oxygens (including phenoxy) is 1. The fourth-order valence-electron chi connectivity index (χ4n) is 5.64. The van der Waals surface area contributed by atoms with E-state index in [1.165, 1.54) is 23.8 Å². The van der Waals surface area contributed by atoms with E-state index in [0.717, 1.165) is 43.6 Å². The molecule has 2 N–H and O–H groups in total. The van der Waals surface area contributed by atoms with Crippen LogP contribution in [0.25, 0.3) is 0 Å². The Balaban J connectivity index is 1.66. The van der Waals surface area contributed by atoms with E-state index >= 15 is 0 Å². The predicted octanol–water partition coefficient (Wildman–Crippen LogP) is 4.95. The second-order valence-electron chi connectivity index (χ2n) is 9.30. The summed E-state index contributed by atoms with van der Waals surface area (Å²) in [5.41, 5.74) is 4.92. The summed E-state index contributed by atoms with van der Waals surface area (Å²) in [6.45, 7) is 6.01. The van der Waals surface area contributed by atoms with E-state index in [1.807, 2.05) is 25.1 Å². The average Bonchev–Trinajstić information content (AvgIpc) is 3.08. The van der Waals surface area contributed by atoms with Gasteiger partial charge in [0.2, 0.25) is 0 Å². The molecule has 172 valence electrons. The lowest BCUT2D eigenvalue weighted by Gasteiger charge is -2.48. The maximum absolute atomic E-state index is 13.1. The summed E-state index contributed by atoms with van der Waals surface area (Å²) in [6.07, 6.45) is 3.76. The molecule has 2 aromatic rings. The number of aryl methyl sites for hydroxylation is 1. The third-order valence-electron chi connectivity index (χ3n) is 7.46. The SMILES string of the molecule is COC(=O)C1(Nc2cccc(Cl)c2C)CCC2(CC1)c1ccc(C)cc1CN2CCCO. The van der Waals surface area contributed by atoms with Crippen LogP contribution in [-0.2, 0) is 21.6 Å². The van der Waals surface area contributed by atoms with Crippen LogP contribution in [0, 0.1) is 13.8 Å². The summed E-state index contributed by atoms with van der Waals surface area (Å²) >= 11 is 6.34. The number of esters is 1. The lowest BCUT2D eigenvalue weighted by molar-refractivity contribution is -0.148. The second kappa shape index (κ2) is 9.05. The van der Waals surface area contributed by atoms with Crippen molar-refractivity contribution in [3.63, 3.8) is 0 Å². The van der Waals surface area contributed by atoms with Crippen LogP contribution in [0.15, 0.2) is 36.4 Å². The number of hydrogen-bond donors (Lipinski definition) is 2. The molecular formula is C26H33ClN2O3. The third-order valence-corrected chi connectivity index (χ3v) is 7.87. The van der Waals surface area contributed by atoms with Crippen LogP contribution in [0.3, 0.4) is 0 Å². The number of halogens is 1. The zero-order valence-electron chi connectivity index (χ0n) is 19.2. The minimum absolute atomic E-state index is 0.110. The highest BCUT2D eigenvalue weighted by Crippen LogP contribution is 2.52. The van der Waals surface area contributed by atoms with Gasteiger partial charge in [0, 0.05) is 35.9 Å². The minimum atomic E-state index is -0.786. The Morgan fingerprint density at radius 2 is 1.94 bits per heavy atom. The van der Waals surface area contributed by atoms with Crippen LogP contribution < -0.4 is 5.32 Å². The monoisotopic (exact) mass is 456 g/mol. The number of aliphatic hydroxyl groups excluding tert-OH is 1. The lowest BCUT2D eigenvalue weighted by atomic mass is 9.69. The first-order valence-electron chi connectivity index (χ1n) is 11.4. The fourth-order valence-corrected chi connectivity index (χ4v) is 5.82. The maximum Gasteiger partial charge on any atom is 0.331 e. The molecule has 2 aromatic carbocycles. The van der Waals surface area contributed by atoms with E-state index in [-0.39, 0.29) is 18.1 Å². The van der Waals surface area contributed by atoms with Gasteiger partial charge < -0.3 is 15.2 Å². The zero-order chi connectivity index (χ0) is 22.9. The van der Waals surface area contributed by atoms with Crippen molar-refractivity contribution in [2.75, 3.05) is 25.6 Å². The van der Waals surface area contributed by atoms with Crippen LogP contribution in [0.2, 0.25) is 5.02 Å². The Morgan fingerprint density at radius 3 is 2.62 bits per heavy atom. The van der Waals surface area contributed by atoms with Gasteiger partial charge in [0.25, 0.3) is 0 Å². The second-order valence-corrected chi connectivity index (χ2v) is 9.71. The number of carbonyl (C=O) groups excluding carboxylic acids is 1. The van der Waals surface area contributed by atoms with Gasteiger partial charge in [-0.15, -0.1) is 0 Å². The molecule has 0 saturated heterocycles. The highest BCUT2D eigenvalue weighted by molar-refractivity contribution is 6.31. The first-order chi connectivity index (χ1) is 15.3. The Bertz CT molecular complexity index is 999. The largest absolute Gasteiger partial charge is 0.467 e. The van der Waals surface area contributed by atoms with Gasteiger partial charge in [-0.1, -0.05) is 41.4 Å². The van der Waals surface area contributed by atoms with E-state index in [4.69, 9.17) is 16.3 Å². The Kier molecular flexibility index (Phi) is 6.53. The molecule has 0 amide bonds. The van der Waals surface area contributed by atoms with Crippen LogP contribution in [0.1, 0.15) is 54.4 Å². The molecular weight excluding hydrogens is 424 g/mol. The van der Waals surface area contributed by atoms with Crippen LogP contribution >= 0.6 is 11.6 Å². The average molecular weight is 457 g/mol. The highest BCUT2D eigenvalue weighted by Gasteiger charge is 2.53. The molecule has 2 aliphatic rings. The van der Waals surface area contributed by atoms with Gasteiger partial charge in [-0.2, -0.15) is 0 Å². The van der Waals surface area contributed by atoms with E-state index < -0.39 is 5.54 Å². The molecule has 1 aliphatic heterocycles. The number of anilines is 1. The molecule has 0 unspecified atom stereocenters. The molecule has 32 heavy (non-hydrogen) atoms. The Labute approximate surface area is 195 Å². The summed E-state index contributed by atoms with van der Waals surface area (Å²) in [5, 5.41) is 13.7. The van der Waals surface area contributed by atoms with Crippen molar-refractivity contribution in [1.29, 1.82) is 0 Å². The minimum Gasteiger partial charge on any atom is -0.467 e. The van der Waals surface area contributed by atoms with Crippen molar-refractivity contribution in [2.24, 2.45) is 0 Å². The van der Waals surface area contributed by atoms with Gasteiger partial charge in [0.15, 0.2) is 0 Å². The van der Waals surface area contributed by atoms with Gasteiger partial charge in [-0.3, -0.25) is 4.90 Å². The number of aliphatic hydroxyl groups is 1. The van der Waals surface area contributed by atoms with Gasteiger partial charge >= 0.3 is 5.97 Å². The normalized spacial score (nSPS) is 25.0. The van der Waals surface area contributed by atoms with Gasteiger partial charge in [0.05, 0.1) is 7.11 Å². The molecule has 4 rings (SSSR count). The molecule has 0 bridgehead atoms. The molecule has 0 radical (unpaired) electrons. The number of nitrogens with one attached hydrogen (secondary N) is 1. The number of benzene rings is 2. The summed E-state index contributed by atoms with van der Waals surface area (Å²) < 4.78 is 5.28. The first-order valence-corrected chi connectivity index (χ1v) is 11.8. The maximum atomic E-state index is 13.1. The van der Waals surface area contributed by atoms with Crippen molar-refractivity contribution >= 4 is 23.3 Å². The standard InChI is InChI=1S/C26H33ClN2O3/c1-18-8-9-21-20(16-18)17-29(14-5-15-30)26(21)12-10-25(11-13-26,24(31)32-3)28-23-7-4-6-22(27)19(23)2/h4,6-9,16,28,30H,5,10-15,17H2,1-3H3. The molecule has 6 heteroatoms. The predicted molar refractivity (Wildman–Crippen MR) is 128 cm³/mol. The molecule has 1 heterocycles. The van der Waals surface area contributed by atoms with E-state index in [1.54, 1.807) is 0 Å². The molecule has 0 atom stereocenters. The van der Waals surface area contributed by atoms with E-state index in [9.17, 15) is 9.90 Å². The lowest BCUT2D eigenvalue weighted by Crippen LogP contribution is -2.55. The number of methoxy groups -OCH3 is 1. The van der Waals surface area contributed by atoms with Gasteiger partial charge in [-0.05, 0) is 74.8 Å². The number of rotatable bonds is 6. The Hall–Kier alpha value is -2.08. The quantitative estimate of drug-likeness (QED) is 0.602.